The normalized spacial score (nSPS) is 10.6. The van der Waals surface area contributed by atoms with Gasteiger partial charge in [0, 0.05) is 0 Å². The van der Waals surface area contributed by atoms with Gasteiger partial charge in [0.1, 0.15) is 11.4 Å². The fraction of sp³-hybridized carbons (Fsp3) is 0. The highest BCUT2D eigenvalue weighted by Crippen LogP contribution is 2.33. The summed E-state index contributed by atoms with van der Waals surface area (Å²) in [6.07, 6.45) is 1.42. The van der Waals surface area contributed by atoms with E-state index in [0.29, 0.717) is 20.5 Å². The first-order valence-corrected chi connectivity index (χ1v) is 7.39. The van der Waals surface area contributed by atoms with Crippen molar-refractivity contribution in [2.45, 2.75) is 10.2 Å². The molecule has 2 aromatic heterocycles. The van der Waals surface area contributed by atoms with Gasteiger partial charge in [0.15, 0.2) is 5.82 Å². The molecule has 0 saturated heterocycles. The molecule has 0 bridgehead atoms. The summed E-state index contributed by atoms with van der Waals surface area (Å²) in [5, 5.41) is 13.0. The topological polar surface area (TPSA) is 107 Å². The zero-order chi connectivity index (χ0) is 14.7. The summed E-state index contributed by atoms with van der Waals surface area (Å²) in [5.74, 6) is 5.88. The molecular weight excluding hydrogens is 356 g/mol. The molecule has 3 rings (SSSR count). The Bertz CT molecular complexity index is 747. The molecule has 0 radical (unpaired) electrons. The van der Waals surface area contributed by atoms with Crippen LogP contribution in [0.2, 0.25) is 0 Å². The molecule has 0 aliphatic heterocycles. The van der Waals surface area contributed by atoms with Gasteiger partial charge in [-0.2, -0.15) is 4.68 Å². The maximum atomic E-state index is 5.39. The first-order valence-electron chi connectivity index (χ1n) is 5.78. The molecule has 10 heteroatoms. The highest BCUT2D eigenvalue weighted by molar-refractivity contribution is 9.10. The third kappa shape index (κ3) is 2.86. The van der Waals surface area contributed by atoms with Crippen LogP contribution in [0, 0.1) is 0 Å². The summed E-state index contributed by atoms with van der Waals surface area (Å²) >= 11 is 4.71. The number of nitrogen functional groups attached to an aromatic ring is 1. The number of aromatic nitrogens is 6. The Kier molecular flexibility index (Phi) is 4.08. The van der Waals surface area contributed by atoms with E-state index in [1.165, 1.54) is 18.1 Å². The molecule has 8 nitrogen and oxygen atoms in total. The van der Waals surface area contributed by atoms with E-state index in [1.807, 2.05) is 30.3 Å². The molecule has 0 unspecified atom stereocenters. The predicted molar refractivity (Wildman–Crippen MR) is 80.8 cm³/mol. The van der Waals surface area contributed by atoms with Gasteiger partial charge < -0.3 is 5.43 Å². The molecule has 0 fully saturated rings. The smallest absolute Gasteiger partial charge is 0.220 e. The van der Waals surface area contributed by atoms with Crippen LogP contribution in [0.1, 0.15) is 0 Å². The maximum absolute atomic E-state index is 5.39. The number of para-hydroxylation sites is 1. The van der Waals surface area contributed by atoms with Crippen molar-refractivity contribution in [1.29, 1.82) is 0 Å². The molecular formula is C11H9BrN8S. The predicted octanol–water partition coefficient (Wildman–Crippen LogP) is 1.65. The van der Waals surface area contributed by atoms with Gasteiger partial charge in [0.25, 0.3) is 0 Å². The minimum Gasteiger partial charge on any atom is -0.307 e. The van der Waals surface area contributed by atoms with Crippen molar-refractivity contribution in [3.05, 3.63) is 41.1 Å². The van der Waals surface area contributed by atoms with Gasteiger partial charge in [-0.3, -0.25) is 0 Å². The average Bonchev–Trinajstić information content (AvgIpc) is 2.98. The highest BCUT2D eigenvalue weighted by atomic mass is 79.9. The molecule has 0 amide bonds. The lowest BCUT2D eigenvalue weighted by Crippen LogP contribution is -2.10. The number of anilines is 1. The second-order valence-electron chi connectivity index (χ2n) is 3.80. The van der Waals surface area contributed by atoms with Crippen LogP contribution in [0.5, 0.6) is 0 Å². The van der Waals surface area contributed by atoms with Gasteiger partial charge in [0.2, 0.25) is 5.16 Å². The van der Waals surface area contributed by atoms with E-state index in [4.69, 9.17) is 5.84 Å². The van der Waals surface area contributed by atoms with Crippen LogP contribution in [-0.4, -0.2) is 30.2 Å². The fourth-order valence-electron chi connectivity index (χ4n) is 1.59. The monoisotopic (exact) mass is 364 g/mol. The average molecular weight is 365 g/mol. The number of tetrazole rings is 1. The van der Waals surface area contributed by atoms with Gasteiger partial charge in [-0.15, -0.1) is 5.10 Å². The van der Waals surface area contributed by atoms with E-state index < -0.39 is 0 Å². The van der Waals surface area contributed by atoms with Gasteiger partial charge in [0.05, 0.1) is 10.2 Å². The molecule has 2 heterocycles. The third-order valence-corrected chi connectivity index (χ3v) is 4.48. The Morgan fingerprint density at radius 3 is 2.76 bits per heavy atom. The zero-order valence-corrected chi connectivity index (χ0v) is 12.9. The van der Waals surface area contributed by atoms with Gasteiger partial charge in [-0.1, -0.05) is 18.2 Å². The number of hydrazine groups is 1. The summed E-state index contributed by atoms with van der Waals surface area (Å²) in [6.45, 7) is 0. The standard InChI is InChI=1S/C11H9BrN8S/c12-8-9(16-13)14-6-15-10(8)21-11-17-18-19-20(11)7-4-2-1-3-5-7/h1-6H,13H2,(H,14,15,16). The van der Waals surface area contributed by atoms with Crippen LogP contribution >= 0.6 is 27.7 Å². The molecule has 0 aliphatic rings. The number of halogens is 1. The molecule has 1 aromatic carbocycles. The lowest BCUT2D eigenvalue weighted by molar-refractivity contribution is 0.755. The zero-order valence-electron chi connectivity index (χ0n) is 10.5. The Labute approximate surface area is 132 Å². The Morgan fingerprint density at radius 1 is 1.19 bits per heavy atom. The van der Waals surface area contributed by atoms with Crippen LogP contribution in [-0.2, 0) is 0 Å². The lowest BCUT2D eigenvalue weighted by Gasteiger charge is -2.07. The van der Waals surface area contributed by atoms with Crippen molar-refractivity contribution in [3.63, 3.8) is 0 Å². The highest BCUT2D eigenvalue weighted by Gasteiger charge is 2.15. The van der Waals surface area contributed by atoms with Gasteiger partial charge in [-0.05, 0) is 50.3 Å². The Hall–Kier alpha value is -2.04. The number of rotatable bonds is 4. The maximum Gasteiger partial charge on any atom is 0.220 e. The quantitative estimate of drug-likeness (QED) is 0.408. The van der Waals surface area contributed by atoms with Crippen molar-refractivity contribution in [3.8, 4) is 5.69 Å². The van der Waals surface area contributed by atoms with Gasteiger partial charge in [-0.25, -0.2) is 15.8 Å². The van der Waals surface area contributed by atoms with E-state index in [9.17, 15) is 0 Å². The number of nitrogens with zero attached hydrogens (tertiary/aromatic N) is 6. The summed E-state index contributed by atoms with van der Waals surface area (Å²) in [4.78, 5) is 8.20. The molecule has 21 heavy (non-hydrogen) atoms. The minimum absolute atomic E-state index is 0.492. The van der Waals surface area contributed by atoms with Crippen LogP contribution in [0.4, 0.5) is 5.82 Å². The van der Waals surface area contributed by atoms with Crippen molar-refractivity contribution in [1.82, 2.24) is 30.2 Å². The first kappa shape index (κ1) is 13.9. The molecule has 0 spiro atoms. The van der Waals surface area contributed by atoms with Crippen LogP contribution in [0.15, 0.2) is 51.3 Å². The van der Waals surface area contributed by atoms with E-state index in [-0.39, 0.29) is 0 Å². The minimum atomic E-state index is 0.492. The van der Waals surface area contributed by atoms with Crippen molar-refractivity contribution in [2.24, 2.45) is 5.84 Å². The van der Waals surface area contributed by atoms with Crippen molar-refractivity contribution < 1.29 is 0 Å². The third-order valence-electron chi connectivity index (χ3n) is 2.52. The van der Waals surface area contributed by atoms with E-state index in [0.717, 1.165) is 5.69 Å². The second-order valence-corrected chi connectivity index (χ2v) is 5.55. The first-order chi connectivity index (χ1) is 10.3. The molecule has 0 saturated carbocycles. The van der Waals surface area contributed by atoms with Crippen molar-refractivity contribution >= 4 is 33.5 Å². The summed E-state index contributed by atoms with van der Waals surface area (Å²) < 4.78 is 2.29. The number of nitrogens with two attached hydrogens (primary N) is 1. The van der Waals surface area contributed by atoms with E-state index in [2.05, 4.69) is 46.8 Å². The number of benzene rings is 1. The van der Waals surface area contributed by atoms with Crippen molar-refractivity contribution in [2.75, 3.05) is 5.43 Å². The van der Waals surface area contributed by atoms with Crippen LogP contribution < -0.4 is 11.3 Å². The SMILES string of the molecule is NNc1ncnc(Sc2nnnn2-c2ccccc2)c1Br. The molecule has 3 aromatic rings. The number of hydrogen-bond donors (Lipinski definition) is 2. The lowest BCUT2D eigenvalue weighted by atomic mass is 10.3. The Morgan fingerprint density at radius 2 is 2.00 bits per heavy atom. The summed E-state index contributed by atoms with van der Waals surface area (Å²) in [5.41, 5.74) is 3.36. The molecule has 106 valence electrons. The Balaban J connectivity index is 1.96. The summed E-state index contributed by atoms with van der Waals surface area (Å²) in [6, 6.07) is 9.61. The molecule has 3 N–H and O–H groups in total. The second kappa shape index (κ2) is 6.16. The molecule has 0 aliphatic carbocycles. The van der Waals surface area contributed by atoms with Gasteiger partial charge >= 0.3 is 0 Å². The summed E-state index contributed by atoms with van der Waals surface area (Å²) in [7, 11) is 0. The fourth-order valence-corrected chi connectivity index (χ4v) is 2.91. The molecule has 0 atom stereocenters. The van der Waals surface area contributed by atoms with E-state index in [1.54, 1.807) is 4.68 Å². The van der Waals surface area contributed by atoms with Crippen LogP contribution in [0.3, 0.4) is 0 Å². The number of hydrogen-bond acceptors (Lipinski definition) is 8. The van der Waals surface area contributed by atoms with E-state index >= 15 is 0 Å². The van der Waals surface area contributed by atoms with Crippen LogP contribution in [0.25, 0.3) is 5.69 Å². The largest absolute Gasteiger partial charge is 0.307 e. The number of nitrogens with one attached hydrogen (secondary N) is 1.